The summed E-state index contributed by atoms with van der Waals surface area (Å²) in [6.45, 7) is 0.726. The van der Waals surface area contributed by atoms with Crippen molar-refractivity contribution in [1.29, 1.82) is 0 Å². The van der Waals surface area contributed by atoms with Crippen LogP contribution in [0.2, 0.25) is 0 Å². The third-order valence-electron chi connectivity index (χ3n) is 5.76. The minimum atomic E-state index is -0.504. The Bertz CT molecular complexity index is 1310. The SMILES string of the molecule is O=C(Cc1ccc(N(Cc2ccc(F)cc2)C(=O)c2cccc(F)c2)cc1)NCCc1ccccc1. The van der Waals surface area contributed by atoms with Crippen LogP contribution in [0.1, 0.15) is 27.0 Å². The van der Waals surface area contributed by atoms with E-state index in [0.29, 0.717) is 12.2 Å². The minimum absolute atomic E-state index is 0.0855. The summed E-state index contributed by atoms with van der Waals surface area (Å²) in [4.78, 5) is 27.2. The number of nitrogens with one attached hydrogen (secondary N) is 1. The summed E-state index contributed by atoms with van der Waals surface area (Å²) in [5.41, 5.74) is 3.48. The van der Waals surface area contributed by atoms with Crippen LogP contribution in [0, 0.1) is 11.6 Å². The second kappa shape index (κ2) is 11.9. The third kappa shape index (κ3) is 6.85. The van der Waals surface area contributed by atoms with E-state index in [1.165, 1.54) is 35.2 Å². The second-order valence-corrected chi connectivity index (χ2v) is 8.46. The molecular weight excluding hydrogens is 458 g/mol. The van der Waals surface area contributed by atoms with Gasteiger partial charge in [-0.1, -0.05) is 60.7 Å². The number of halogens is 2. The first kappa shape index (κ1) is 24.8. The summed E-state index contributed by atoms with van der Waals surface area (Å²) in [6, 6.07) is 28.4. The number of nitrogens with zero attached hydrogens (tertiary/aromatic N) is 1. The number of rotatable bonds is 9. The van der Waals surface area contributed by atoms with Crippen LogP contribution in [0.3, 0.4) is 0 Å². The van der Waals surface area contributed by atoms with Gasteiger partial charge in [0.25, 0.3) is 5.91 Å². The molecule has 36 heavy (non-hydrogen) atoms. The van der Waals surface area contributed by atoms with Crippen molar-refractivity contribution in [2.75, 3.05) is 11.4 Å². The smallest absolute Gasteiger partial charge is 0.258 e. The van der Waals surface area contributed by atoms with Crippen LogP contribution in [0.15, 0.2) is 103 Å². The number of carbonyl (C=O) groups is 2. The van der Waals surface area contributed by atoms with Crippen LogP contribution in [-0.4, -0.2) is 18.4 Å². The van der Waals surface area contributed by atoms with Gasteiger partial charge in [0.1, 0.15) is 11.6 Å². The van der Waals surface area contributed by atoms with E-state index in [1.54, 1.807) is 42.5 Å². The van der Waals surface area contributed by atoms with Crippen molar-refractivity contribution in [2.45, 2.75) is 19.4 Å². The lowest BCUT2D eigenvalue weighted by molar-refractivity contribution is -0.120. The average molecular weight is 485 g/mol. The quantitative estimate of drug-likeness (QED) is 0.331. The molecule has 0 aliphatic heterocycles. The normalized spacial score (nSPS) is 10.6. The summed E-state index contributed by atoms with van der Waals surface area (Å²) in [6.07, 6.45) is 0.969. The van der Waals surface area contributed by atoms with Crippen molar-refractivity contribution in [2.24, 2.45) is 0 Å². The Balaban J connectivity index is 1.45. The molecule has 4 nitrogen and oxygen atoms in total. The molecule has 4 aromatic rings. The molecule has 4 aromatic carbocycles. The highest BCUT2D eigenvalue weighted by molar-refractivity contribution is 6.06. The topological polar surface area (TPSA) is 49.4 Å². The van der Waals surface area contributed by atoms with E-state index in [9.17, 15) is 18.4 Å². The highest BCUT2D eigenvalue weighted by Crippen LogP contribution is 2.22. The molecule has 2 amide bonds. The Kier molecular flexibility index (Phi) is 8.19. The van der Waals surface area contributed by atoms with Crippen molar-refractivity contribution < 1.29 is 18.4 Å². The number of hydrogen-bond donors (Lipinski definition) is 1. The highest BCUT2D eigenvalue weighted by Gasteiger charge is 2.19. The summed E-state index contributed by atoms with van der Waals surface area (Å²) in [5.74, 6) is -1.34. The fourth-order valence-corrected chi connectivity index (χ4v) is 3.86. The molecule has 4 rings (SSSR count). The molecule has 0 aliphatic rings. The van der Waals surface area contributed by atoms with Crippen LogP contribution in [0.25, 0.3) is 0 Å². The van der Waals surface area contributed by atoms with Crippen molar-refractivity contribution in [3.05, 3.63) is 137 Å². The summed E-state index contributed by atoms with van der Waals surface area (Å²) in [7, 11) is 0. The summed E-state index contributed by atoms with van der Waals surface area (Å²) in [5, 5.41) is 2.93. The van der Waals surface area contributed by atoms with Crippen LogP contribution in [-0.2, 0) is 24.2 Å². The zero-order valence-corrected chi connectivity index (χ0v) is 19.7. The van der Waals surface area contributed by atoms with Gasteiger partial charge in [0.2, 0.25) is 5.91 Å². The predicted octanol–water partition coefficient (Wildman–Crippen LogP) is 5.71. The van der Waals surface area contributed by atoms with Gasteiger partial charge >= 0.3 is 0 Å². The Morgan fingerprint density at radius 2 is 1.39 bits per heavy atom. The molecule has 0 atom stereocenters. The molecule has 0 aliphatic carbocycles. The number of hydrogen-bond acceptors (Lipinski definition) is 2. The molecule has 0 radical (unpaired) electrons. The van der Waals surface area contributed by atoms with Crippen LogP contribution >= 0.6 is 0 Å². The predicted molar refractivity (Wildman–Crippen MR) is 137 cm³/mol. The lowest BCUT2D eigenvalue weighted by Crippen LogP contribution is -2.30. The average Bonchev–Trinajstić information content (AvgIpc) is 2.89. The molecule has 0 saturated carbocycles. The fourth-order valence-electron chi connectivity index (χ4n) is 3.86. The first-order valence-corrected chi connectivity index (χ1v) is 11.7. The number of anilines is 1. The molecule has 1 N–H and O–H groups in total. The third-order valence-corrected chi connectivity index (χ3v) is 5.76. The zero-order chi connectivity index (χ0) is 25.3. The van der Waals surface area contributed by atoms with Gasteiger partial charge in [0, 0.05) is 17.8 Å². The first-order chi connectivity index (χ1) is 17.5. The van der Waals surface area contributed by atoms with E-state index in [1.807, 2.05) is 30.3 Å². The van der Waals surface area contributed by atoms with E-state index >= 15 is 0 Å². The van der Waals surface area contributed by atoms with Crippen molar-refractivity contribution >= 4 is 17.5 Å². The maximum absolute atomic E-state index is 13.8. The van der Waals surface area contributed by atoms with Gasteiger partial charge in [0.15, 0.2) is 0 Å². The number of amides is 2. The van der Waals surface area contributed by atoms with Gasteiger partial charge in [-0.25, -0.2) is 8.78 Å². The lowest BCUT2D eigenvalue weighted by atomic mass is 10.1. The standard InChI is InChI=1S/C30H26F2N2O2/c31-26-13-9-24(10-14-26)21-34(30(36)25-7-4-8-27(32)20-25)28-15-11-23(12-16-28)19-29(35)33-18-17-22-5-2-1-3-6-22/h1-16,20H,17-19,21H2,(H,33,35). The second-order valence-electron chi connectivity index (χ2n) is 8.46. The highest BCUT2D eigenvalue weighted by atomic mass is 19.1. The molecule has 0 bridgehead atoms. The maximum Gasteiger partial charge on any atom is 0.258 e. The fraction of sp³-hybridized carbons (Fsp3) is 0.133. The van der Waals surface area contributed by atoms with Gasteiger partial charge in [0.05, 0.1) is 13.0 Å². The lowest BCUT2D eigenvalue weighted by Gasteiger charge is -2.23. The van der Waals surface area contributed by atoms with E-state index in [2.05, 4.69) is 5.32 Å². The monoisotopic (exact) mass is 484 g/mol. The van der Waals surface area contributed by atoms with Crippen molar-refractivity contribution in [3.8, 4) is 0 Å². The number of carbonyl (C=O) groups excluding carboxylic acids is 2. The van der Waals surface area contributed by atoms with Crippen LogP contribution in [0.4, 0.5) is 14.5 Å². The Labute approximate surface area is 209 Å². The maximum atomic E-state index is 13.8. The molecular formula is C30H26F2N2O2. The molecule has 0 saturated heterocycles. The number of benzene rings is 4. The molecule has 0 spiro atoms. The van der Waals surface area contributed by atoms with Gasteiger partial charge in [-0.3, -0.25) is 9.59 Å². The van der Waals surface area contributed by atoms with Crippen LogP contribution < -0.4 is 10.2 Å². The largest absolute Gasteiger partial charge is 0.355 e. The van der Waals surface area contributed by atoms with Crippen LogP contribution in [0.5, 0.6) is 0 Å². The molecule has 0 heterocycles. The molecule has 0 fully saturated rings. The Morgan fingerprint density at radius 3 is 2.08 bits per heavy atom. The van der Waals surface area contributed by atoms with Gasteiger partial charge < -0.3 is 10.2 Å². The summed E-state index contributed by atoms with van der Waals surface area (Å²) < 4.78 is 27.1. The molecule has 182 valence electrons. The van der Waals surface area contributed by atoms with Gasteiger partial charge in [-0.15, -0.1) is 0 Å². The first-order valence-electron chi connectivity index (χ1n) is 11.7. The van der Waals surface area contributed by atoms with E-state index in [-0.39, 0.29) is 36.2 Å². The zero-order valence-electron chi connectivity index (χ0n) is 19.7. The van der Waals surface area contributed by atoms with E-state index in [4.69, 9.17) is 0 Å². The molecule has 6 heteroatoms. The summed E-state index contributed by atoms with van der Waals surface area (Å²) >= 11 is 0. The molecule has 0 unspecified atom stereocenters. The van der Waals surface area contributed by atoms with Crippen molar-refractivity contribution in [1.82, 2.24) is 5.32 Å². The van der Waals surface area contributed by atoms with Gasteiger partial charge in [-0.2, -0.15) is 0 Å². The Morgan fingerprint density at radius 1 is 0.694 bits per heavy atom. The Hall–Kier alpha value is -4.32. The van der Waals surface area contributed by atoms with E-state index < -0.39 is 5.82 Å². The van der Waals surface area contributed by atoms with Crippen molar-refractivity contribution in [3.63, 3.8) is 0 Å². The van der Waals surface area contributed by atoms with E-state index in [0.717, 1.165) is 23.1 Å². The minimum Gasteiger partial charge on any atom is -0.355 e. The molecule has 0 aromatic heterocycles. The van der Waals surface area contributed by atoms with Gasteiger partial charge in [-0.05, 0) is 65.6 Å².